The molecule has 3 aromatic heterocycles. The van der Waals surface area contributed by atoms with Gasteiger partial charge in [-0.2, -0.15) is 10.4 Å². The molecule has 0 atom stereocenters. The summed E-state index contributed by atoms with van der Waals surface area (Å²) in [6, 6.07) is 12.2. The number of halogens is 1. The predicted octanol–water partition coefficient (Wildman–Crippen LogP) is 5.80. The predicted molar refractivity (Wildman–Crippen MR) is 158 cm³/mol. The van der Waals surface area contributed by atoms with Crippen molar-refractivity contribution >= 4 is 45.2 Å². The lowest BCUT2D eigenvalue weighted by atomic mass is 10.1. The molecular weight excluding hydrogens is 543 g/mol. The summed E-state index contributed by atoms with van der Waals surface area (Å²) in [4.78, 5) is 28.8. The molecule has 10 nitrogen and oxygen atoms in total. The number of carbonyl (C=O) groups excluding carboxylic acids is 1. The van der Waals surface area contributed by atoms with Crippen LogP contribution in [-0.4, -0.2) is 69.1 Å². The SMILES string of the molecule is CCN(c1nc(-c2ccc(F)cc2)c(C#N)s1)c1c2nc(N3CCN(C(=O)OC(C)(C)C)CC3)ccc2nn1CC. The lowest BCUT2D eigenvalue weighted by molar-refractivity contribution is 0.0240. The number of aromatic nitrogens is 4. The maximum atomic E-state index is 13.5. The van der Waals surface area contributed by atoms with E-state index in [0.717, 1.165) is 22.7 Å². The van der Waals surface area contributed by atoms with Crippen molar-refractivity contribution < 1.29 is 13.9 Å². The highest BCUT2D eigenvalue weighted by Gasteiger charge is 2.28. The summed E-state index contributed by atoms with van der Waals surface area (Å²) in [5, 5.41) is 15.3. The summed E-state index contributed by atoms with van der Waals surface area (Å²) in [7, 11) is 0. The van der Waals surface area contributed by atoms with Gasteiger partial charge in [-0.15, -0.1) is 0 Å². The van der Waals surface area contributed by atoms with Gasteiger partial charge in [-0.25, -0.2) is 23.8 Å². The number of benzene rings is 1. The number of fused-ring (bicyclic) bond motifs is 1. The Bertz CT molecular complexity index is 1590. The Morgan fingerprint density at radius 2 is 1.80 bits per heavy atom. The van der Waals surface area contributed by atoms with Crippen LogP contribution in [0.2, 0.25) is 0 Å². The number of carbonyl (C=O) groups is 1. The van der Waals surface area contributed by atoms with E-state index in [-0.39, 0.29) is 11.9 Å². The zero-order valence-electron chi connectivity index (χ0n) is 23.9. The second kappa shape index (κ2) is 11.3. The number of hydrogen-bond donors (Lipinski definition) is 0. The van der Waals surface area contributed by atoms with Gasteiger partial charge in [-0.1, -0.05) is 11.3 Å². The zero-order chi connectivity index (χ0) is 29.3. The van der Waals surface area contributed by atoms with Gasteiger partial charge in [0.25, 0.3) is 0 Å². The van der Waals surface area contributed by atoms with Crippen molar-refractivity contribution in [3.8, 4) is 17.3 Å². The van der Waals surface area contributed by atoms with Crippen molar-refractivity contribution in [3.05, 3.63) is 47.1 Å². The van der Waals surface area contributed by atoms with Crippen LogP contribution < -0.4 is 9.80 Å². The third kappa shape index (κ3) is 5.81. The number of ether oxygens (including phenoxy) is 1. The highest BCUT2D eigenvalue weighted by Crippen LogP contribution is 2.38. The molecule has 0 spiro atoms. The molecule has 0 N–H and O–H groups in total. The van der Waals surface area contributed by atoms with Gasteiger partial charge in [0.1, 0.15) is 44.9 Å². The Morgan fingerprint density at radius 1 is 1.10 bits per heavy atom. The summed E-state index contributed by atoms with van der Waals surface area (Å²) in [6.45, 7) is 13.2. The third-order valence-corrected chi connectivity index (χ3v) is 7.72. The van der Waals surface area contributed by atoms with Crippen LogP contribution in [0.25, 0.3) is 22.3 Å². The van der Waals surface area contributed by atoms with Crippen LogP contribution >= 0.6 is 11.3 Å². The second-order valence-electron chi connectivity index (χ2n) is 10.7. The van der Waals surface area contributed by atoms with E-state index in [0.29, 0.717) is 60.5 Å². The van der Waals surface area contributed by atoms with E-state index in [2.05, 4.69) is 11.0 Å². The van der Waals surface area contributed by atoms with E-state index < -0.39 is 5.60 Å². The van der Waals surface area contributed by atoms with Gasteiger partial charge in [-0.3, -0.25) is 0 Å². The van der Waals surface area contributed by atoms with Gasteiger partial charge in [0, 0.05) is 44.8 Å². The van der Waals surface area contributed by atoms with Crippen molar-refractivity contribution in [3.63, 3.8) is 0 Å². The molecule has 0 unspecified atom stereocenters. The van der Waals surface area contributed by atoms with E-state index in [1.54, 1.807) is 17.0 Å². The number of thiazole rings is 1. The van der Waals surface area contributed by atoms with E-state index in [1.165, 1.54) is 23.5 Å². The number of pyridine rings is 1. The molecule has 1 fully saturated rings. The number of anilines is 3. The van der Waals surface area contributed by atoms with Gasteiger partial charge in [0.2, 0.25) is 0 Å². The standard InChI is InChI=1S/C29H33FN8O2S/c1-6-37(27-33-24(22(18-31)41-27)19-8-10-20(30)11-9-19)26-25-21(34-38(26)7-2)12-13-23(32-25)35-14-16-36(17-15-35)28(39)40-29(3,4)5/h8-13H,6-7,14-17H2,1-5H3. The van der Waals surface area contributed by atoms with Crippen molar-refractivity contribution in [2.45, 2.75) is 46.8 Å². The van der Waals surface area contributed by atoms with Crippen molar-refractivity contribution in [1.29, 1.82) is 5.26 Å². The first-order valence-corrected chi connectivity index (χ1v) is 14.5. The number of nitriles is 1. The normalized spacial score (nSPS) is 13.9. The third-order valence-electron chi connectivity index (χ3n) is 6.74. The number of aryl methyl sites for hydroxylation is 1. The summed E-state index contributed by atoms with van der Waals surface area (Å²) >= 11 is 1.29. The Balaban J connectivity index is 1.46. The van der Waals surface area contributed by atoms with Gasteiger partial charge in [-0.05, 0) is 71.0 Å². The Hall–Kier alpha value is -4.24. The van der Waals surface area contributed by atoms with Crippen LogP contribution in [0.3, 0.4) is 0 Å². The first-order valence-electron chi connectivity index (χ1n) is 13.7. The number of piperazine rings is 1. The highest BCUT2D eigenvalue weighted by molar-refractivity contribution is 7.16. The van der Waals surface area contributed by atoms with Crippen molar-refractivity contribution in [2.24, 2.45) is 0 Å². The minimum atomic E-state index is -0.535. The van der Waals surface area contributed by atoms with Crippen LogP contribution in [0.5, 0.6) is 0 Å². The smallest absolute Gasteiger partial charge is 0.410 e. The van der Waals surface area contributed by atoms with Crippen LogP contribution in [0.1, 0.15) is 39.5 Å². The molecule has 5 rings (SSSR count). The minimum absolute atomic E-state index is 0.300. The molecule has 0 aliphatic carbocycles. The maximum absolute atomic E-state index is 13.5. The van der Waals surface area contributed by atoms with E-state index in [4.69, 9.17) is 19.8 Å². The number of hydrogen-bond acceptors (Lipinski definition) is 9. The fourth-order valence-electron chi connectivity index (χ4n) is 4.77. The Labute approximate surface area is 242 Å². The molecule has 0 radical (unpaired) electrons. The number of rotatable bonds is 6. The minimum Gasteiger partial charge on any atom is -0.444 e. The molecule has 0 bridgehead atoms. The van der Waals surface area contributed by atoms with E-state index in [1.807, 2.05) is 56.3 Å². The van der Waals surface area contributed by atoms with Crippen molar-refractivity contribution in [1.82, 2.24) is 24.6 Å². The molecule has 1 amide bonds. The average Bonchev–Trinajstić information content (AvgIpc) is 3.55. The fourth-order valence-corrected chi connectivity index (χ4v) is 5.72. The molecule has 12 heteroatoms. The maximum Gasteiger partial charge on any atom is 0.410 e. The molecule has 1 aromatic carbocycles. The molecular formula is C29H33FN8O2S. The lowest BCUT2D eigenvalue weighted by Crippen LogP contribution is -2.50. The Kier molecular flexibility index (Phi) is 7.82. The second-order valence-corrected chi connectivity index (χ2v) is 11.6. The van der Waals surface area contributed by atoms with E-state index >= 15 is 0 Å². The summed E-state index contributed by atoms with van der Waals surface area (Å²) in [5.41, 5.74) is 2.16. The molecule has 1 aliphatic rings. The highest BCUT2D eigenvalue weighted by atomic mass is 32.1. The summed E-state index contributed by atoms with van der Waals surface area (Å²) < 4.78 is 21.0. The van der Waals surface area contributed by atoms with Crippen LogP contribution in [0.15, 0.2) is 36.4 Å². The van der Waals surface area contributed by atoms with Crippen LogP contribution in [0, 0.1) is 17.1 Å². The molecule has 1 aliphatic heterocycles. The fraction of sp³-hybridized carbons (Fsp3) is 0.414. The first-order chi connectivity index (χ1) is 19.6. The molecule has 214 valence electrons. The molecule has 4 heterocycles. The lowest BCUT2D eigenvalue weighted by Gasteiger charge is -2.36. The molecule has 0 saturated carbocycles. The monoisotopic (exact) mass is 576 g/mol. The van der Waals surface area contributed by atoms with Crippen LogP contribution in [-0.2, 0) is 11.3 Å². The van der Waals surface area contributed by atoms with Gasteiger partial charge >= 0.3 is 6.09 Å². The number of nitrogens with zero attached hydrogens (tertiary/aromatic N) is 8. The Morgan fingerprint density at radius 3 is 2.41 bits per heavy atom. The van der Waals surface area contributed by atoms with Crippen LogP contribution in [0.4, 0.5) is 26.0 Å². The molecule has 4 aromatic rings. The topological polar surface area (TPSA) is 103 Å². The quantitative estimate of drug-likeness (QED) is 0.284. The largest absolute Gasteiger partial charge is 0.444 e. The van der Waals surface area contributed by atoms with Gasteiger partial charge < -0.3 is 19.4 Å². The first kappa shape index (κ1) is 28.3. The van der Waals surface area contributed by atoms with Crippen molar-refractivity contribution in [2.75, 3.05) is 42.5 Å². The summed E-state index contributed by atoms with van der Waals surface area (Å²) in [5.74, 6) is 1.26. The molecule has 41 heavy (non-hydrogen) atoms. The zero-order valence-corrected chi connectivity index (χ0v) is 24.7. The van der Waals surface area contributed by atoms with Gasteiger partial charge in [0.05, 0.1) is 0 Å². The number of amides is 1. The van der Waals surface area contributed by atoms with Gasteiger partial charge in [0.15, 0.2) is 10.9 Å². The van der Waals surface area contributed by atoms with E-state index in [9.17, 15) is 14.4 Å². The average molecular weight is 577 g/mol. The molecule has 1 saturated heterocycles. The summed E-state index contributed by atoms with van der Waals surface area (Å²) in [6.07, 6.45) is -0.300.